The lowest BCUT2D eigenvalue weighted by molar-refractivity contribution is 0.0955. The van der Waals surface area contributed by atoms with Crippen molar-refractivity contribution in [1.29, 1.82) is 0 Å². The molecule has 1 aromatic heterocycles. The van der Waals surface area contributed by atoms with Crippen LogP contribution >= 0.6 is 23.2 Å². The minimum Gasteiger partial charge on any atom is -0.490 e. The van der Waals surface area contributed by atoms with E-state index in [1.165, 1.54) is 12.4 Å². The summed E-state index contributed by atoms with van der Waals surface area (Å²) in [5.74, 6) is 0.558. The van der Waals surface area contributed by atoms with Crippen LogP contribution in [0.25, 0.3) is 0 Å². The Bertz CT molecular complexity index is 1030. The van der Waals surface area contributed by atoms with Gasteiger partial charge in [-0.05, 0) is 54.4 Å². The zero-order chi connectivity index (χ0) is 21.3. The van der Waals surface area contributed by atoms with Crippen LogP contribution in [0.2, 0.25) is 10.0 Å². The first-order valence-corrected chi connectivity index (χ1v) is 9.89. The number of halogens is 2. The van der Waals surface area contributed by atoms with Crippen LogP contribution in [-0.2, 0) is 6.61 Å². The van der Waals surface area contributed by atoms with Crippen molar-refractivity contribution in [3.8, 4) is 11.5 Å². The lowest BCUT2D eigenvalue weighted by atomic mass is 10.2. The first-order valence-electron chi connectivity index (χ1n) is 9.14. The van der Waals surface area contributed by atoms with Crippen LogP contribution in [0.5, 0.6) is 11.5 Å². The van der Waals surface area contributed by atoms with Crippen molar-refractivity contribution in [2.75, 3.05) is 6.61 Å². The van der Waals surface area contributed by atoms with Gasteiger partial charge in [0.2, 0.25) is 0 Å². The monoisotopic (exact) mass is 443 g/mol. The molecule has 0 aliphatic rings. The molecule has 1 N–H and O–H groups in total. The first kappa shape index (κ1) is 21.6. The normalized spacial score (nSPS) is 10.8. The summed E-state index contributed by atoms with van der Waals surface area (Å²) in [4.78, 5) is 15.9. The van der Waals surface area contributed by atoms with Crippen molar-refractivity contribution >= 4 is 35.3 Å². The van der Waals surface area contributed by atoms with E-state index in [0.29, 0.717) is 45.9 Å². The van der Waals surface area contributed by atoms with E-state index in [0.717, 1.165) is 5.56 Å². The third-order valence-electron chi connectivity index (χ3n) is 3.93. The maximum Gasteiger partial charge on any atom is 0.272 e. The van der Waals surface area contributed by atoms with Crippen molar-refractivity contribution < 1.29 is 14.3 Å². The van der Waals surface area contributed by atoms with Gasteiger partial charge in [0, 0.05) is 17.4 Å². The molecule has 1 heterocycles. The van der Waals surface area contributed by atoms with Gasteiger partial charge in [-0.15, -0.1) is 0 Å². The van der Waals surface area contributed by atoms with Crippen LogP contribution in [0, 0.1) is 0 Å². The highest BCUT2D eigenvalue weighted by atomic mass is 35.5. The van der Waals surface area contributed by atoms with Gasteiger partial charge in [-0.25, -0.2) is 5.43 Å². The van der Waals surface area contributed by atoms with E-state index >= 15 is 0 Å². The Morgan fingerprint density at radius 2 is 1.97 bits per heavy atom. The van der Waals surface area contributed by atoms with Crippen LogP contribution in [-0.4, -0.2) is 23.7 Å². The highest BCUT2D eigenvalue weighted by Gasteiger charge is 2.13. The topological polar surface area (TPSA) is 72.8 Å². The number of rotatable bonds is 8. The summed E-state index contributed by atoms with van der Waals surface area (Å²) in [6.45, 7) is 2.61. The number of nitrogens with zero attached hydrogens (tertiary/aromatic N) is 2. The highest BCUT2D eigenvalue weighted by molar-refractivity contribution is 6.32. The van der Waals surface area contributed by atoms with E-state index < -0.39 is 0 Å². The molecule has 0 aliphatic carbocycles. The third-order valence-corrected chi connectivity index (χ3v) is 4.46. The number of benzene rings is 2. The molecule has 6 nitrogen and oxygen atoms in total. The average Bonchev–Trinajstić information content (AvgIpc) is 2.75. The number of amides is 1. The van der Waals surface area contributed by atoms with Gasteiger partial charge in [0.15, 0.2) is 11.5 Å². The Kier molecular flexibility index (Phi) is 7.65. The van der Waals surface area contributed by atoms with Crippen LogP contribution in [0.4, 0.5) is 0 Å². The molecule has 0 atom stereocenters. The second-order valence-corrected chi connectivity index (χ2v) is 6.96. The molecule has 0 saturated heterocycles. The van der Waals surface area contributed by atoms with Crippen LogP contribution in [0.15, 0.2) is 66.0 Å². The molecular formula is C22H19Cl2N3O3. The number of hydrogen-bond acceptors (Lipinski definition) is 5. The zero-order valence-corrected chi connectivity index (χ0v) is 17.7. The number of hydrazone groups is 1. The second kappa shape index (κ2) is 10.6. The Morgan fingerprint density at radius 1 is 1.17 bits per heavy atom. The van der Waals surface area contributed by atoms with Gasteiger partial charge in [0.1, 0.15) is 6.61 Å². The summed E-state index contributed by atoms with van der Waals surface area (Å²) >= 11 is 12.3. The minimum atomic E-state index is -0.363. The summed E-state index contributed by atoms with van der Waals surface area (Å²) in [6, 6.07) is 14.1. The fourth-order valence-electron chi connectivity index (χ4n) is 2.53. The van der Waals surface area contributed by atoms with Gasteiger partial charge < -0.3 is 9.47 Å². The Balaban J connectivity index is 1.71. The van der Waals surface area contributed by atoms with Gasteiger partial charge in [-0.3, -0.25) is 9.78 Å². The molecule has 3 rings (SSSR count). The number of hydrogen-bond donors (Lipinski definition) is 1. The molecule has 154 valence electrons. The van der Waals surface area contributed by atoms with Crippen molar-refractivity contribution in [2.24, 2.45) is 5.10 Å². The Morgan fingerprint density at radius 3 is 2.67 bits per heavy atom. The Hall–Kier alpha value is -3.09. The largest absolute Gasteiger partial charge is 0.490 e. The maximum absolute atomic E-state index is 12.0. The second-order valence-electron chi connectivity index (χ2n) is 6.12. The van der Waals surface area contributed by atoms with Gasteiger partial charge in [-0.1, -0.05) is 35.3 Å². The van der Waals surface area contributed by atoms with Crippen molar-refractivity contribution in [3.63, 3.8) is 0 Å². The predicted octanol–water partition coefficient (Wildman–Crippen LogP) is 5.13. The van der Waals surface area contributed by atoms with E-state index in [-0.39, 0.29) is 5.91 Å². The molecule has 0 fully saturated rings. The summed E-state index contributed by atoms with van der Waals surface area (Å²) in [5.41, 5.74) is 4.45. The van der Waals surface area contributed by atoms with Gasteiger partial charge >= 0.3 is 0 Å². The Labute approximate surface area is 184 Å². The number of carbonyl (C=O) groups is 1. The number of aromatic nitrogens is 1. The predicted molar refractivity (Wildman–Crippen MR) is 118 cm³/mol. The number of carbonyl (C=O) groups excluding carboxylic acids is 1. The molecule has 0 spiro atoms. The molecule has 0 saturated carbocycles. The standard InChI is InChI=1S/C22H19Cl2N3O3/c1-2-29-20-11-16(12-26-27-22(28)17-4-3-9-25-13-17)10-19(24)21(20)30-14-15-5-7-18(23)8-6-15/h3-13H,2,14H2,1H3,(H,27,28)/b26-12+. The zero-order valence-electron chi connectivity index (χ0n) is 16.1. The average molecular weight is 444 g/mol. The smallest absolute Gasteiger partial charge is 0.272 e. The molecule has 30 heavy (non-hydrogen) atoms. The lowest BCUT2D eigenvalue weighted by Gasteiger charge is -2.14. The fourth-order valence-corrected chi connectivity index (χ4v) is 2.93. The van der Waals surface area contributed by atoms with Gasteiger partial charge in [0.25, 0.3) is 5.91 Å². The molecule has 3 aromatic rings. The lowest BCUT2D eigenvalue weighted by Crippen LogP contribution is -2.17. The highest BCUT2D eigenvalue weighted by Crippen LogP contribution is 2.37. The van der Waals surface area contributed by atoms with Gasteiger partial charge in [-0.2, -0.15) is 5.10 Å². The van der Waals surface area contributed by atoms with E-state index in [1.54, 1.807) is 42.6 Å². The summed E-state index contributed by atoms with van der Waals surface area (Å²) in [6.07, 6.45) is 4.53. The number of pyridine rings is 1. The summed E-state index contributed by atoms with van der Waals surface area (Å²) < 4.78 is 11.6. The molecule has 8 heteroatoms. The summed E-state index contributed by atoms with van der Waals surface area (Å²) in [7, 11) is 0. The molecule has 0 aliphatic heterocycles. The van der Waals surface area contributed by atoms with Crippen molar-refractivity contribution in [1.82, 2.24) is 10.4 Å². The van der Waals surface area contributed by atoms with E-state index in [4.69, 9.17) is 32.7 Å². The molecular weight excluding hydrogens is 425 g/mol. The molecule has 0 bridgehead atoms. The van der Waals surface area contributed by atoms with Crippen molar-refractivity contribution in [3.05, 3.63) is 87.7 Å². The van der Waals surface area contributed by atoms with Gasteiger partial charge in [0.05, 0.1) is 23.4 Å². The quantitative estimate of drug-likeness (QED) is 0.386. The van der Waals surface area contributed by atoms with Crippen molar-refractivity contribution in [2.45, 2.75) is 13.5 Å². The van der Waals surface area contributed by atoms with E-state index in [2.05, 4.69) is 15.5 Å². The number of nitrogens with one attached hydrogen (secondary N) is 1. The maximum atomic E-state index is 12.0. The fraction of sp³-hybridized carbons (Fsp3) is 0.136. The first-order chi connectivity index (χ1) is 14.6. The van der Waals surface area contributed by atoms with Crippen LogP contribution in [0.3, 0.4) is 0 Å². The molecule has 2 aromatic carbocycles. The van der Waals surface area contributed by atoms with E-state index in [9.17, 15) is 4.79 Å². The molecule has 0 radical (unpaired) electrons. The SMILES string of the molecule is CCOc1cc(/C=N/NC(=O)c2cccnc2)cc(Cl)c1OCc1ccc(Cl)cc1. The van der Waals surface area contributed by atoms with Crippen LogP contribution in [0.1, 0.15) is 28.4 Å². The number of ether oxygens (including phenoxy) is 2. The summed E-state index contributed by atoms with van der Waals surface area (Å²) in [5, 5.41) is 5.00. The van der Waals surface area contributed by atoms with E-state index in [1.807, 2.05) is 19.1 Å². The molecule has 0 unspecified atom stereocenters. The minimum absolute atomic E-state index is 0.311. The van der Waals surface area contributed by atoms with Crippen LogP contribution < -0.4 is 14.9 Å². The molecule has 1 amide bonds. The third kappa shape index (κ3) is 5.95.